The SMILES string of the molecule is NCCOC1OCC(COCC2COC(OCCN)O2)O1. The highest BCUT2D eigenvalue weighted by molar-refractivity contribution is 4.64. The molecule has 9 heteroatoms. The second-order valence-electron chi connectivity index (χ2n) is 4.62. The molecule has 4 N–H and O–H groups in total. The van der Waals surface area contributed by atoms with Crippen LogP contribution in [0.15, 0.2) is 0 Å². The van der Waals surface area contributed by atoms with Crippen LogP contribution in [0.2, 0.25) is 0 Å². The third kappa shape index (κ3) is 6.10. The summed E-state index contributed by atoms with van der Waals surface area (Å²) in [5, 5.41) is 0. The van der Waals surface area contributed by atoms with Gasteiger partial charge in [0.1, 0.15) is 12.2 Å². The van der Waals surface area contributed by atoms with Crippen molar-refractivity contribution in [2.45, 2.75) is 25.2 Å². The Bertz CT molecular complexity index is 258. The van der Waals surface area contributed by atoms with E-state index in [0.29, 0.717) is 52.7 Å². The minimum Gasteiger partial charge on any atom is -0.376 e. The monoisotopic (exact) mass is 308 g/mol. The van der Waals surface area contributed by atoms with Crippen LogP contribution in [0.4, 0.5) is 0 Å². The Labute approximate surface area is 123 Å². The molecule has 2 aliphatic rings. The topological polar surface area (TPSA) is 117 Å². The third-order valence-corrected chi connectivity index (χ3v) is 2.79. The highest BCUT2D eigenvalue weighted by Crippen LogP contribution is 2.15. The molecule has 0 aliphatic carbocycles. The summed E-state index contributed by atoms with van der Waals surface area (Å²) in [5.41, 5.74) is 10.7. The van der Waals surface area contributed by atoms with Crippen molar-refractivity contribution in [3.05, 3.63) is 0 Å². The van der Waals surface area contributed by atoms with Gasteiger partial charge in [-0.05, 0) is 0 Å². The number of hydrogen-bond acceptors (Lipinski definition) is 9. The van der Waals surface area contributed by atoms with E-state index in [4.69, 9.17) is 44.6 Å². The molecule has 2 fully saturated rings. The first-order valence-electron chi connectivity index (χ1n) is 7.07. The Hall–Kier alpha value is -0.360. The molecule has 0 aromatic carbocycles. The van der Waals surface area contributed by atoms with Gasteiger partial charge in [0.25, 0.3) is 13.0 Å². The molecule has 2 heterocycles. The van der Waals surface area contributed by atoms with Crippen molar-refractivity contribution in [3.8, 4) is 0 Å². The Morgan fingerprint density at radius 3 is 1.71 bits per heavy atom. The van der Waals surface area contributed by atoms with Gasteiger partial charge in [0, 0.05) is 13.1 Å². The van der Waals surface area contributed by atoms with Crippen LogP contribution in [0.5, 0.6) is 0 Å². The van der Waals surface area contributed by atoms with Gasteiger partial charge < -0.3 is 44.6 Å². The zero-order chi connectivity index (χ0) is 14.9. The maximum atomic E-state index is 5.54. The number of nitrogens with two attached hydrogens (primary N) is 2. The lowest BCUT2D eigenvalue weighted by Crippen LogP contribution is -2.26. The molecular weight excluding hydrogens is 284 g/mol. The molecule has 0 amide bonds. The van der Waals surface area contributed by atoms with Crippen LogP contribution >= 0.6 is 0 Å². The highest BCUT2D eigenvalue weighted by Gasteiger charge is 2.29. The molecule has 2 saturated heterocycles. The van der Waals surface area contributed by atoms with E-state index in [1.165, 1.54) is 0 Å². The van der Waals surface area contributed by atoms with Gasteiger partial charge in [0.15, 0.2) is 0 Å². The van der Waals surface area contributed by atoms with Gasteiger partial charge in [-0.2, -0.15) is 0 Å². The molecule has 9 nitrogen and oxygen atoms in total. The second kappa shape index (κ2) is 9.62. The molecule has 21 heavy (non-hydrogen) atoms. The molecule has 4 atom stereocenters. The molecule has 2 aliphatic heterocycles. The Kier molecular flexibility index (Phi) is 7.78. The van der Waals surface area contributed by atoms with E-state index in [1.54, 1.807) is 0 Å². The lowest BCUT2D eigenvalue weighted by Gasteiger charge is -2.14. The molecule has 4 unspecified atom stereocenters. The predicted octanol–water partition coefficient (Wildman–Crippen LogP) is -1.65. The summed E-state index contributed by atoms with van der Waals surface area (Å²) in [6.45, 7) is 2.01. The minimum absolute atomic E-state index is 0.153. The highest BCUT2D eigenvalue weighted by atomic mass is 16.9. The fraction of sp³-hybridized carbons (Fsp3) is 1.00. The zero-order valence-corrected chi connectivity index (χ0v) is 12.0. The number of ether oxygens (including phenoxy) is 7. The zero-order valence-electron chi connectivity index (χ0n) is 12.0. The molecular formula is C12H24N2O7. The van der Waals surface area contributed by atoms with E-state index in [9.17, 15) is 0 Å². The summed E-state index contributed by atoms with van der Waals surface area (Å²) in [7, 11) is 0. The molecule has 0 aromatic heterocycles. The summed E-state index contributed by atoms with van der Waals surface area (Å²) >= 11 is 0. The van der Waals surface area contributed by atoms with E-state index in [-0.39, 0.29) is 12.2 Å². The Morgan fingerprint density at radius 2 is 1.29 bits per heavy atom. The van der Waals surface area contributed by atoms with Crippen molar-refractivity contribution in [1.82, 2.24) is 0 Å². The van der Waals surface area contributed by atoms with Crippen LogP contribution in [-0.2, 0) is 33.2 Å². The van der Waals surface area contributed by atoms with Crippen molar-refractivity contribution in [2.75, 3.05) is 52.7 Å². The van der Waals surface area contributed by atoms with Gasteiger partial charge in [0.05, 0.1) is 39.6 Å². The van der Waals surface area contributed by atoms with Gasteiger partial charge >= 0.3 is 0 Å². The van der Waals surface area contributed by atoms with Crippen molar-refractivity contribution >= 4 is 0 Å². The fourth-order valence-electron chi connectivity index (χ4n) is 1.85. The summed E-state index contributed by atoms with van der Waals surface area (Å²) in [6, 6.07) is 0. The second-order valence-corrected chi connectivity index (χ2v) is 4.62. The van der Waals surface area contributed by atoms with Crippen molar-refractivity contribution in [2.24, 2.45) is 11.5 Å². The lowest BCUT2D eigenvalue weighted by molar-refractivity contribution is -0.242. The first-order chi connectivity index (χ1) is 10.3. The summed E-state index contributed by atoms with van der Waals surface area (Å²) in [4.78, 5) is 0. The first kappa shape index (κ1) is 17.0. The normalized spacial score (nSPS) is 32.9. The van der Waals surface area contributed by atoms with Crippen LogP contribution < -0.4 is 11.5 Å². The van der Waals surface area contributed by atoms with Crippen molar-refractivity contribution < 1.29 is 33.2 Å². The Morgan fingerprint density at radius 1 is 0.810 bits per heavy atom. The third-order valence-electron chi connectivity index (χ3n) is 2.79. The van der Waals surface area contributed by atoms with Gasteiger partial charge in [0.2, 0.25) is 0 Å². The molecule has 0 bridgehead atoms. The molecule has 124 valence electrons. The van der Waals surface area contributed by atoms with E-state index in [2.05, 4.69) is 0 Å². The van der Waals surface area contributed by atoms with Crippen LogP contribution in [0, 0.1) is 0 Å². The van der Waals surface area contributed by atoms with E-state index in [0.717, 1.165) is 0 Å². The average molecular weight is 308 g/mol. The van der Waals surface area contributed by atoms with Gasteiger partial charge in [-0.3, -0.25) is 0 Å². The Balaban J connectivity index is 1.50. The van der Waals surface area contributed by atoms with Crippen molar-refractivity contribution in [3.63, 3.8) is 0 Å². The molecule has 2 rings (SSSR count). The van der Waals surface area contributed by atoms with E-state index >= 15 is 0 Å². The summed E-state index contributed by atoms with van der Waals surface area (Å²) in [6.07, 6.45) is -0.307. The number of hydrogen-bond donors (Lipinski definition) is 2. The van der Waals surface area contributed by atoms with Gasteiger partial charge in [-0.1, -0.05) is 0 Å². The van der Waals surface area contributed by atoms with Crippen molar-refractivity contribution in [1.29, 1.82) is 0 Å². The van der Waals surface area contributed by atoms with E-state index < -0.39 is 13.0 Å². The quantitative estimate of drug-likeness (QED) is 0.489. The molecule has 0 saturated carbocycles. The largest absolute Gasteiger partial charge is 0.376 e. The van der Waals surface area contributed by atoms with E-state index in [1.807, 2.05) is 0 Å². The first-order valence-corrected chi connectivity index (χ1v) is 7.07. The lowest BCUT2D eigenvalue weighted by atomic mass is 10.4. The maximum absolute atomic E-state index is 5.54. The number of rotatable bonds is 10. The van der Waals surface area contributed by atoms with Gasteiger partial charge in [-0.15, -0.1) is 0 Å². The maximum Gasteiger partial charge on any atom is 0.272 e. The molecule has 0 radical (unpaired) electrons. The van der Waals surface area contributed by atoms with Crippen LogP contribution in [0.25, 0.3) is 0 Å². The van der Waals surface area contributed by atoms with Gasteiger partial charge in [-0.25, -0.2) is 0 Å². The fourth-order valence-corrected chi connectivity index (χ4v) is 1.85. The minimum atomic E-state index is -0.651. The predicted molar refractivity (Wildman–Crippen MR) is 70.1 cm³/mol. The van der Waals surface area contributed by atoms with Crippen LogP contribution in [0.3, 0.4) is 0 Å². The average Bonchev–Trinajstić information content (AvgIpc) is 3.12. The van der Waals surface area contributed by atoms with Crippen LogP contribution in [-0.4, -0.2) is 77.9 Å². The summed E-state index contributed by atoms with van der Waals surface area (Å²) in [5.74, 6) is 0. The standard InChI is InChI=1S/C12H24N2O7/c13-1-3-16-11-18-7-9(20-11)5-15-6-10-8-19-12(21-10)17-4-2-14/h9-12H,1-8,13-14H2. The molecule has 0 aromatic rings. The molecule has 0 spiro atoms. The smallest absolute Gasteiger partial charge is 0.272 e. The van der Waals surface area contributed by atoms with Crippen LogP contribution in [0.1, 0.15) is 0 Å². The summed E-state index contributed by atoms with van der Waals surface area (Å²) < 4.78 is 37.5.